The molecular formula is C23H27N3O3S. The molecule has 1 fully saturated rings. The summed E-state index contributed by atoms with van der Waals surface area (Å²) in [5.74, 6) is 1.58. The zero-order valence-electron chi connectivity index (χ0n) is 17.4. The topological polar surface area (TPSA) is 62.7 Å². The van der Waals surface area contributed by atoms with Gasteiger partial charge in [-0.05, 0) is 59.5 Å². The van der Waals surface area contributed by atoms with E-state index in [1.807, 2.05) is 24.1 Å². The second-order valence-corrected chi connectivity index (χ2v) is 9.66. The molecule has 4 rings (SSSR count). The molecule has 6 nitrogen and oxygen atoms in total. The number of sulfonamides is 1. The maximum Gasteiger partial charge on any atom is 0.244 e. The Hall–Kier alpha value is -2.64. The largest absolute Gasteiger partial charge is 0.497 e. The summed E-state index contributed by atoms with van der Waals surface area (Å²) in [7, 11) is 0.173. The first-order valence-corrected chi connectivity index (χ1v) is 11.7. The van der Waals surface area contributed by atoms with E-state index in [0.717, 1.165) is 47.2 Å². The van der Waals surface area contributed by atoms with Crippen LogP contribution in [0, 0.1) is 0 Å². The van der Waals surface area contributed by atoms with E-state index in [2.05, 4.69) is 29.2 Å². The molecule has 2 aromatic carbocycles. The van der Waals surface area contributed by atoms with Gasteiger partial charge in [0.05, 0.1) is 7.11 Å². The summed E-state index contributed by atoms with van der Waals surface area (Å²) in [6.07, 6.45) is 4.41. The van der Waals surface area contributed by atoms with Crippen LogP contribution in [0.5, 0.6) is 5.75 Å². The molecule has 1 aliphatic heterocycles. The third kappa shape index (κ3) is 4.27. The standard InChI is InChI=1S/C23H27N3O3S/c1-25(17-18-6-7-20-15-21(29-2)9-8-19(20)14-18)23-11-10-22(16-24-23)30(27,28)26-12-4-3-5-13-26/h6-11,14-16H,3-5,12-13,17H2,1-2H3. The first kappa shape index (κ1) is 20.6. The van der Waals surface area contributed by atoms with Gasteiger partial charge in [0.25, 0.3) is 0 Å². The lowest BCUT2D eigenvalue weighted by Crippen LogP contribution is -2.35. The van der Waals surface area contributed by atoms with E-state index in [0.29, 0.717) is 19.6 Å². The number of hydrogen-bond acceptors (Lipinski definition) is 5. The number of hydrogen-bond donors (Lipinski definition) is 0. The number of rotatable bonds is 6. The maximum absolute atomic E-state index is 12.8. The van der Waals surface area contributed by atoms with Gasteiger partial charge >= 0.3 is 0 Å². The lowest BCUT2D eigenvalue weighted by atomic mass is 10.1. The highest BCUT2D eigenvalue weighted by molar-refractivity contribution is 7.89. The molecule has 0 unspecified atom stereocenters. The number of ether oxygens (including phenoxy) is 1. The molecule has 1 aromatic heterocycles. The quantitative estimate of drug-likeness (QED) is 0.596. The second-order valence-electron chi connectivity index (χ2n) is 7.72. The summed E-state index contributed by atoms with van der Waals surface area (Å²) in [5, 5.41) is 2.28. The minimum absolute atomic E-state index is 0.265. The van der Waals surface area contributed by atoms with Crippen molar-refractivity contribution >= 4 is 26.6 Å². The number of nitrogens with zero attached hydrogens (tertiary/aromatic N) is 3. The van der Waals surface area contributed by atoms with Gasteiger partial charge in [0.1, 0.15) is 16.5 Å². The lowest BCUT2D eigenvalue weighted by Gasteiger charge is -2.26. The highest BCUT2D eigenvalue weighted by Crippen LogP contribution is 2.24. The molecule has 0 atom stereocenters. The van der Waals surface area contributed by atoms with Crippen LogP contribution in [0.15, 0.2) is 59.6 Å². The molecule has 0 spiro atoms. The van der Waals surface area contributed by atoms with Gasteiger partial charge in [-0.15, -0.1) is 0 Å². The smallest absolute Gasteiger partial charge is 0.244 e. The normalized spacial score (nSPS) is 15.3. The lowest BCUT2D eigenvalue weighted by molar-refractivity contribution is 0.346. The van der Waals surface area contributed by atoms with Crippen LogP contribution < -0.4 is 9.64 Å². The minimum atomic E-state index is -3.45. The van der Waals surface area contributed by atoms with Crippen LogP contribution in [0.3, 0.4) is 0 Å². The fourth-order valence-corrected chi connectivity index (χ4v) is 5.32. The Kier molecular flexibility index (Phi) is 5.92. The molecule has 3 aromatic rings. The molecule has 0 radical (unpaired) electrons. The van der Waals surface area contributed by atoms with Gasteiger partial charge in [-0.25, -0.2) is 13.4 Å². The molecule has 0 amide bonds. The van der Waals surface area contributed by atoms with Crippen molar-refractivity contribution in [2.24, 2.45) is 0 Å². The van der Waals surface area contributed by atoms with E-state index in [1.54, 1.807) is 23.5 Å². The number of methoxy groups -OCH3 is 1. The summed E-state index contributed by atoms with van der Waals surface area (Å²) in [4.78, 5) is 6.71. The van der Waals surface area contributed by atoms with Gasteiger partial charge in [0, 0.05) is 32.9 Å². The van der Waals surface area contributed by atoms with Crippen LogP contribution in [0.4, 0.5) is 5.82 Å². The minimum Gasteiger partial charge on any atom is -0.497 e. The van der Waals surface area contributed by atoms with Gasteiger partial charge in [-0.2, -0.15) is 4.31 Å². The van der Waals surface area contributed by atoms with Gasteiger partial charge in [0.2, 0.25) is 10.0 Å². The van der Waals surface area contributed by atoms with Crippen molar-refractivity contribution in [1.29, 1.82) is 0 Å². The van der Waals surface area contributed by atoms with Crippen LogP contribution in [-0.2, 0) is 16.6 Å². The second kappa shape index (κ2) is 8.62. The Morgan fingerprint density at radius 1 is 1.00 bits per heavy atom. The Balaban J connectivity index is 1.48. The molecular weight excluding hydrogens is 398 g/mol. The van der Waals surface area contributed by atoms with Gasteiger partial charge < -0.3 is 9.64 Å². The van der Waals surface area contributed by atoms with Gasteiger partial charge in [-0.1, -0.05) is 24.6 Å². The predicted molar refractivity (Wildman–Crippen MR) is 119 cm³/mol. The number of piperidine rings is 1. The van der Waals surface area contributed by atoms with E-state index in [1.165, 1.54) is 6.20 Å². The molecule has 0 saturated carbocycles. The molecule has 0 N–H and O–H groups in total. The summed E-state index contributed by atoms with van der Waals surface area (Å²) in [6.45, 7) is 1.86. The van der Waals surface area contributed by atoms with E-state index in [-0.39, 0.29) is 4.90 Å². The van der Waals surface area contributed by atoms with Gasteiger partial charge in [-0.3, -0.25) is 0 Å². The zero-order chi connectivity index (χ0) is 21.1. The molecule has 0 bridgehead atoms. The number of benzene rings is 2. The average molecular weight is 426 g/mol. The number of aromatic nitrogens is 1. The first-order valence-electron chi connectivity index (χ1n) is 10.2. The van der Waals surface area contributed by atoms with Crippen molar-refractivity contribution in [3.63, 3.8) is 0 Å². The maximum atomic E-state index is 12.8. The molecule has 30 heavy (non-hydrogen) atoms. The van der Waals surface area contributed by atoms with Crippen LogP contribution in [0.1, 0.15) is 24.8 Å². The zero-order valence-corrected chi connectivity index (χ0v) is 18.2. The van der Waals surface area contributed by atoms with E-state index >= 15 is 0 Å². The van der Waals surface area contributed by atoms with Crippen LogP contribution in [0.2, 0.25) is 0 Å². The third-order valence-electron chi connectivity index (χ3n) is 5.60. The monoisotopic (exact) mass is 425 g/mol. The number of pyridine rings is 1. The van der Waals surface area contributed by atoms with Crippen molar-refractivity contribution in [2.75, 3.05) is 32.1 Å². The fraction of sp³-hybridized carbons (Fsp3) is 0.348. The van der Waals surface area contributed by atoms with Crippen molar-refractivity contribution < 1.29 is 13.2 Å². The Bertz CT molecular complexity index is 1120. The molecule has 2 heterocycles. The highest BCUT2D eigenvalue weighted by Gasteiger charge is 2.26. The van der Waals surface area contributed by atoms with Crippen molar-refractivity contribution in [3.05, 3.63) is 60.3 Å². The average Bonchev–Trinajstić information content (AvgIpc) is 2.79. The summed E-state index contributed by atoms with van der Waals surface area (Å²) >= 11 is 0. The first-order chi connectivity index (χ1) is 14.5. The van der Waals surface area contributed by atoms with Crippen LogP contribution in [-0.4, -0.2) is 45.0 Å². The van der Waals surface area contributed by atoms with Crippen molar-refractivity contribution in [2.45, 2.75) is 30.7 Å². The highest BCUT2D eigenvalue weighted by atomic mass is 32.2. The summed E-state index contributed by atoms with van der Waals surface area (Å²) in [5.41, 5.74) is 1.15. The Labute approximate surface area is 178 Å². The fourth-order valence-electron chi connectivity index (χ4n) is 3.86. The molecule has 158 valence electrons. The Morgan fingerprint density at radius 2 is 1.73 bits per heavy atom. The van der Waals surface area contributed by atoms with E-state index < -0.39 is 10.0 Å². The SMILES string of the molecule is COc1ccc2cc(CN(C)c3ccc(S(=O)(=O)N4CCCCC4)cn3)ccc2c1. The summed E-state index contributed by atoms with van der Waals surface area (Å²) < 4.78 is 32.4. The molecule has 1 aliphatic rings. The van der Waals surface area contributed by atoms with E-state index in [4.69, 9.17) is 4.74 Å². The predicted octanol–water partition coefficient (Wildman–Crippen LogP) is 4.05. The molecule has 7 heteroatoms. The van der Waals surface area contributed by atoms with Crippen LogP contribution in [0.25, 0.3) is 10.8 Å². The number of fused-ring (bicyclic) bond motifs is 1. The Morgan fingerprint density at radius 3 is 2.43 bits per heavy atom. The van der Waals surface area contributed by atoms with Gasteiger partial charge in [0.15, 0.2) is 0 Å². The van der Waals surface area contributed by atoms with Crippen molar-refractivity contribution in [3.8, 4) is 5.75 Å². The third-order valence-corrected chi connectivity index (χ3v) is 7.48. The molecule has 1 saturated heterocycles. The van der Waals surface area contributed by atoms with Crippen molar-refractivity contribution in [1.82, 2.24) is 9.29 Å². The number of anilines is 1. The van der Waals surface area contributed by atoms with Crippen LogP contribution >= 0.6 is 0 Å². The molecule has 0 aliphatic carbocycles. The summed E-state index contributed by atoms with van der Waals surface area (Å²) in [6, 6.07) is 15.8. The van der Waals surface area contributed by atoms with E-state index in [9.17, 15) is 8.42 Å².